The highest BCUT2D eigenvalue weighted by Crippen LogP contribution is 2.24. The molecule has 0 radical (unpaired) electrons. The van der Waals surface area contributed by atoms with E-state index in [1.807, 2.05) is 24.3 Å². The van der Waals surface area contributed by atoms with E-state index in [0.717, 1.165) is 36.1 Å². The van der Waals surface area contributed by atoms with Crippen LogP contribution >= 0.6 is 0 Å². The molecule has 1 heterocycles. The first-order valence-electron chi connectivity index (χ1n) is 12.3. The molecule has 0 atom stereocenters. The van der Waals surface area contributed by atoms with E-state index in [-0.39, 0.29) is 18.0 Å². The molecule has 1 saturated carbocycles. The van der Waals surface area contributed by atoms with Gasteiger partial charge in [-0.2, -0.15) is 0 Å². The summed E-state index contributed by atoms with van der Waals surface area (Å²) in [6.45, 7) is 5.26. The van der Waals surface area contributed by atoms with Crippen molar-refractivity contribution < 1.29 is 14.6 Å². The van der Waals surface area contributed by atoms with Crippen molar-refractivity contribution in [2.24, 2.45) is 5.73 Å². The SMILES string of the molecule is Cc1ccc(COC2CCCC2)cc1C.NC(=O)c1cc(-c2cccc(CCCO)c2)cnc1N. The molecule has 0 bridgehead atoms. The molecule has 2 aromatic carbocycles. The molecule has 1 fully saturated rings. The van der Waals surface area contributed by atoms with Crippen LogP contribution in [0.5, 0.6) is 0 Å². The number of amides is 1. The molecule has 1 aromatic heterocycles. The number of nitrogens with zero attached hydrogens (tertiary/aromatic N) is 1. The van der Waals surface area contributed by atoms with E-state index in [1.54, 1.807) is 12.3 Å². The van der Waals surface area contributed by atoms with Crippen LogP contribution in [0.1, 0.15) is 64.7 Å². The van der Waals surface area contributed by atoms with Crippen LogP contribution in [0, 0.1) is 13.8 Å². The molecular weight excluding hydrogens is 438 g/mol. The minimum Gasteiger partial charge on any atom is -0.396 e. The highest BCUT2D eigenvalue weighted by atomic mass is 16.5. The van der Waals surface area contributed by atoms with Crippen molar-refractivity contribution in [3.05, 3.63) is 82.5 Å². The van der Waals surface area contributed by atoms with Crippen LogP contribution < -0.4 is 11.5 Å². The van der Waals surface area contributed by atoms with Crippen molar-refractivity contribution in [3.63, 3.8) is 0 Å². The van der Waals surface area contributed by atoms with Gasteiger partial charge in [-0.05, 0) is 73.4 Å². The highest BCUT2D eigenvalue weighted by molar-refractivity contribution is 5.98. The lowest BCUT2D eigenvalue weighted by molar-refractivity contribution is 0.0456. The summed E-state index contributed by atoms with van der Waals surface area (Å²) in [7, 11) is 0. The number of anilines is 1. The second kappa shape index (κ2) is 13.0. The van der Waals surface area contributed by atoms with Gasteiger partial charge in [-0.15, -0.1) is 0 Å². The number of rotatable bonds is 8. The zero-order chi connectivity index (χ0) is 25.2. The molecule has 3 aromatic rings. The molecule has 1 amide bonds. The number of aliphatic hydroxyl groups excluding tert-OH is 1. The number of carbonyl (C=O) groups excluding carboxylic acids is 1. The number of pyridine rings is 1. The van der Waals surface area contributed by atoms with Gasteiger partial charge >= 0.3 is 0 Å². The van der Waals surface area contributed by atoms with Crippen molar-refractivity contribution in [2.45, 2.75) is 65.1 Å². The molecule has 5 N–H and O–H groups in total. The minimum atomic E-state index is -0.590. The van der Waals surface area contributed by atoms with Crippen molar-refractivity contribution in [1.82, 2.24) is 4.98 Å². The van der Waals surface area contributed by atoms with Crippen LogP contribution in [0.25, 0.3) is 11.1 Å². The van der Waals surface area contributed by atoms with Gasteiger partial charge in [-0.1, -0.05) is 55.3 Å². The van der Waals surface area contributed by atoms with Crippen molar-refractivity contribution in [2.75, 3.05) is 12.3 Å². The number of ether oxygens (including phenoxy) is 1. The maximum Gasteiger partial charge on any atom is 0.252 e. The predicted molar refractivity (Wildman–Crippen MR) is 141 cm³/mol. The monoisotopic (exact) mass is 475 g/mol. The molecule has 0 saturated heterocycles. The third kappa shape index (κ3) is 7.91. The minimum absolute atomic E-state index is 0.137. The summed E-state index contributed by atoms with van der Waals surface area (Å²) in [6, 6.07) is 16.1. The first-order chi connectivity index (χ1) is 16.9. The summed E-state index contributed by atoms with van der Waals surface area (Å²) in [5, 5.41) is 8.87. The van der Waals surface area contributed by atoms with Gasteiger partial charge in [0.1, 0.15) is 5.82 Å². The lowest BCUT2D eigenvalue weighted by Gasteiger charge is -2.11. The molecule has 0 unspecified atom stereocenters. The maximum atomic E-state index is 11.3. The first kappa shape index (κ1) is 26.4. The van der Waals surface area contributed by atoms with E-state index < -0.39 is 5.91 Å². The van der Waals surface area contributed by atoms with E-state index in [0.29, 0.717) is 6.10 Å². The van der Waals surface area contributed by atoms with Crippen molar-refractivity contribution in [1.29, 1.82) is 0 Å². The molecule has 186 valence electrons. The standard InChI is InChI=1S/C15H17N3O2.C14H20O/c16-14-13(15(17)20)8-12(9-18-14)11-5-1-3-10(7-11)4-2-6-19;1-11-7-8-13(9-12(11)2)10-15-14-5-3-4-6-14/h1,3,5,7-9,19H,2,4,6H2,(H2,16,18)(H2,17,20);7-9,14H,3-6,10H2,1-2H3. The number of hydrogen-bond donors (Lipinski definition) is 3. The smallest absolute Gasteiger partial charge is 0.252 e. The summed E-state index contributed by atoms with van der Waals surface area (Å²) in [5.74, 6) is -0.453. The third-order valence-corrected chi connectivity index (χ3v) is 6.43. The number of nitrogen functional groups attached to an aromatic ring is 1. The fourth-order valence-corrected chi connectivity index (χ4v) is 4.18. The number of hydrogen-bond acceptors (Lipinski definition) is 5. The second-order valence-electron chi connectivity index (χ2n) is 9.18. The molecule has 0 aliphatic heterocycles. The fraction of sp³-hybridized carbons (Fsp3) is 0.379. The van der Waals surface area contributed by atoms with E-state index in [9.17, 15) is 4.79 Å². The predicted octanol–water partition coefficient (Wildman–Crippen LogP) is 5.12. The Morgan fingerprint density at radius 1 is 1.03 bits per heavy atom. The summed E-state index contributed by atoms with van der Waals surface area (Å²) >= 11 is 0. The van der Waals surface area contributed by atoms with Gasteiger partial charge < -0.3 is 21.3 Å². The summed E-state index contributed by atoms with van der Waals surface area (Å²) in [4.78, 5) is 15.3. The van der Waals surface area contributed by atoms with Crippen LogP contribution in [-0.2, 0) is 17.8 Å². The van der Waals surface area contributed by atoms with E-state index in [2.05, 4.69) is 37.0 Å². The Bertz CT molecular complexity index is 1120. The Balaban J connectivity index is 0.000000203. The van der Waals surface area contributed by atoms with Gasteiger partial charge in [0.05, 0.1) is 18.3 Å². The first-order valence-corrected chi connectivity index (χ1v) is 12.3. The normalized spacial score (nSPS) is 13.3. The average Bonchev–Trinajstić information content (AvgIpc) is 3.38. The van der Waals surface area contributed by atoms with Crippen molar-refractivity contribution >= 4 is 11.7 Å². The van der Waals surface area contributed by atoms with Gasteiger partial charge in [0, 0.05) is 18.4 Å². The zero-order valence-electron chi connectivity index (χ0n) is 20.8. The molecule has 1 aliphatic rings. The maximum absolute atomic E-state index is 11.3. The number of aryl methyl sites for hydroxylation is 3. The number of benzene rings is 2. The van der Waals surface area contributed by atoms with Gasteiger partial charge in [0.15, 0.2) is 0 Å². The number of nitrogens with two attached hydrogens (primary N) is 2. The molecular formula is C29H37N3O3. The quantitative estimate of drug-likeness (QED) is 0.419. The van der Waals surface area contributed by atoms with Gasteiger partial charge in [0.25, 0.3) is 5.91 Å². The lowest BCUT2D eigenvalue weighted by Crippen LogP contribution is -2.14. The van der Waals surface area contributed by atoms with Gasteiger partial charge in [-0.3, -0.25) is 4.79 Å². The lowest BCUT2D eigenvalue weighted by atomic mass is 10.0. The Labute approximate surface area is 208 Å². The molecule has 6 nitrogen and oxygen atoms in total. The summed E-state index contributed by atoms with van der Waals surface area (Å²) < 4.78 is 5.88. The molecule has 35 heavy (non-hydrogen) atoms. The van der Waals surface area contributed by atoms with Crippen LogP contribution in [-0.4, -0.2) is 28.7 Å². The fourth-order valence-electron chi connectivity index (χ4n) is 4.18. The Morgan fingerprint density at radius 3 is 2.49 bits per heavy atom. The van der Waals surface area contributed by atoms with E-state index >= 15 is 0 Å². The van der Waals surface area contributed by atoms with Crippen LogP contribution in [0.3, 0.4) is 0 Å². The van der Waals surface area contributed by atoms with Crippen molar-refractivity contribution in [3.8, 4) is 11.1 Å². The topological polar surface area (TPSA) is 111 Å². The highest BCUT2D eigenvalue weighted by Gasteiger charge is 2.15. The van der Waals surface area contributed by atoms with Crippen LogP contribution in [0.15, 0.2) is 54.7 Å². The number of primary amides is 1. The molecule has 0 spiro atoms. The number of aromatic nitrogens is 1. The largest absolute Gasteiger partial charge is 0.396 e. The Morgan fingerprint density at radius 2 is 1.80 bits per heavy atom. The van der Waals surface area contributed by atoms with Gasteiger partial charge in [-0.25, -0.2) is 4.98 Å². The number of aliphatic hydroxyl groups is 1. The summed E-state index contributed by atoms with van der Waals surface area (Å²) in [5.41, 5.74) is 18.0. The average molecular weight is 476 g/mol. The third-order valence-electron chi connectivity index (χ3n) is 6.43. The molecule has 4 rings (SSSR count). The van der Waals surface area contributed by atoms with E-state index in [1.165, 1.54) is 42.4 Å². The number of carbonyl (C=O) groups is 1. The zero-order valence-corrected chi connectivity index (χ0v) is 20.8. The Kier molecular flexibility index (Phi) is 9.82. The van der Waals surface area contributed by atoms with Gasteiger partial charge in [0.2, 0.25) is 0 Å². The molecule has 6 heteroatoms. The second-order valence-corrected chi connectivity index (χ2v) is 9.18. The van der Waals surface area contributed by atoms with Crippen LogP contribution in [0.2, 0.25) is 0 Å². The van der Waals surface area contributed by atoms with E-state index in [4.69, 9.17) is 21.3 Å². The summed E-state index contributed by atoms with van der Waals surface area (Å²) in [6.07, 6.45) is 8.86. The van der Waals surface area contributed by atoms with Crippen LogP contribution in [0.4, 0.5) is 5.82 Å². The Hall–Kier alpha value is -3.22. The molecule has 1 aliphatic carbocycles.